The molecule has 3 heterocycles. The minimum absolute atomic E-state index is 0.239. The van der Waals surface area contributed by atoms with E-state index in [1.807, 2.05) is 0 Å². The zero-order valence-electron chi connectivity index (χ0n) is 65.4. The largest absolute Gasteiger partial charge is 0.394 e. The summed E-state index contributed by atoms with van der Waals surface area (Å²) in [5, 5.41) is 121. The van der Waals surface area contributed by atoms with Crippen LogP contribution in [-0.4, -0.2) is 193 Å². The molecular formula is C86H153NO18. The third-order valence-electron chi connectivity index (χ3n) is 20.7. The van der Waals surface area contributed by atoms with Gasteiger partial charge in [-0.15, -0.1) is 0 Å². The summed E-state index contributed by atoms with van der Waals surface area (Å²) in [6, 6.07) is -0.907. The lowest BCUT2D eigenvalue weighted by Gasteiger charge is -2.48. The molecule has 0 aromatic rings. The van der Waals surface area contributed by atoms with E-state index in [0.717, 1.165) is 103 Å². The zero-order chi connectivity index (χ0) is 76.0. The average Bonchev–Trinajstić information content (AvgIpc) is 0.781. The van der Waals surface area contributed by atoms with Crippen molar-refractivity contribution in [2.45, 2.75) is 426 Å². The maximum absolute atomic E-state index is 13.5. The molecule has 0 aromatic carbocycles. The fourth-order valence-corrected chi connectivity index (χ4v) is 14.0. The number of aliphatic hydroxyl groups is 11. The second-order valence-corrected chi connectivity index (χ2v) is 29.9. The summed E-state index contributed by atoms with van der Waals surface area (Å²) in [7, 11) is 0. The fraction of sp³-hybridized carbons (Fsp3) is 0.826. The standard InChI is InChI=1S/C86H153NO18/c1-3-5-7-9-11-13-15-17-19-21-23-25-27-29-31-32-33-34-35-36-38-39-41-43-45-47-49-51-53-55-57-59-61-63-70(91)69(87-74(92)64-62-60-58-56-54-52-50-48-46-44-42-40-37-30-28-26-24-22-20-18-16-14-12-10-8-6-4-2)68-100-84-80(98)77(95)82(72(66-89)102-84)105-86-81(99)78(96)83(73(67-90)103-86)104-85-79(97)76(94)75(93)71(65-88)101-85/h6,8,12,14,18,20,24,26,30,37,42,44,48,50,69-73,75-86,88-91,93-99H,3-5,7,9-11,13,15-17,19,21-23,25,27-29,31-36,38-41,43,45-47,49,51-68H2,1-2H3,(H,87,92)/b8-6-,14-12-,20-18-,26-24-,37-30-,44-42-,50-48-. The molecule has 3 saturated heterocycles. The van der Waals surface area contributed by atoms with Crippen molar-refractivity contribution in [2.75, 3.05) is 26.4 Å². The number of hydrogen-bond acceptors (Lipinski definition) is 18. The topological polar surface area (TPSA) is 307 Å². The van der Waals surface area contributed by atoms with Crippen LogP contribution in [0.3, 0.4) is 0 Å². The van der Waals surface area contributed by atoms with Gasteiger partial charge in [-0.25, -0.2) is 0 Å². The molecule has 1 amide bonds. The predicted octanol–water partition coefficient (Wildman–Crippen LogP) is 15.0. The molecule has 19 heteroatoms. The van der Waals surface area contributed by atoms with E-state index < -0.39 is 124 Å². The Kier molecular flexibility index (Phi) is 60.1. The number of nitrogens with one attached hydrogen (secondary N) is 1. The molecule has 0 saturated carbocycles. The monoisotopic (exact) mass is 1490 g/mol. The first-order valence-corrected chi connectivity index (χ1v) is 42.3. The van der Waals surface area contributed by atoms with E-state index in [1.165, 1.54) is 186 Å². The average molecular weight is 1490 g/mol. The molecule has 17 unspecified atom stereocenters. The summed E-state index contributed by atoms with van der Waals surface area (Å²) in [6.45, 7) is 1.71. The third kappa shape index (κ3) is 45.2. The van der Waals surface area contributed by atoms with Crippen LogP contribution in [0.25, 0.3) is 0 Å². The van der Waals surface area contributed by atoms with Crippen molar-refractivity contribution >= 4 is 5.91 Å². The number of carbonyl (C=O) groups excluding carboxylic acids is 1. The number of unbranched alkanes of at least 4 members (excludes halogenated alkanes) is 37. The molecule has 105 heavy (non-hydrogen) atoms. The highest BCUT2D eigenvalue weighted by atomic mass is 16.8. The van der Waals surface area contributed by atoms with Gasteiger partial charge < -0.3 is 89.9 Å². The maximum atomic E-state index is 13.5. The summed E-state index contributed by atoms with van der Waals surface area (Å²) in [5.74, 6) is -0.261. The van der Waals surface area contributed by atoms with Crippen molar-refractivity contribution in [1.82, 2.24) is 5.32 Å². The summed E-state index contributed by atoms with van der Waals surface area (Å²) in [6.07, 6.45) is 61.0. The summed E-state index contributed by atoms with van der Waals surface area (Å²) < 4.78 is 34.5. The summed E-state index contributed by atoms with van der Waals surface area (Å²) in [4.78, 5) is 13.5. The van der Waals surface area contributed by atoms with Crippen molar-refractivity contribution in [3.63, 3.8) is 0 Å². The van der Waals surface area contributed by atoms with Gasteiger partial charge in [-0.2, -0.15) is 0 Å². The van der Waals surface area contributed by atoms with E-state index in [-0.39, 0.29) is 18.9 Å². The van der Waals surface area contributed by atoms with E-state index in [0.29, 0.717) is 12.8 Å². The molecular weight excluding hydrogens is 1330 g/mol. The lowest BCUT2D eigenvalue weighted by molar-refractivity contribution is -0.379. The molecule has 0 bridgehead atoms. The molecule has 0 spiro atoms. The lowest BCUT2D eigenvalue weighted by atomic mass is 9.96. The van der Waals surface area contributed by atoms with E-state index in [4.69, 9.17) is 28.4 Å². The smallest absolute Gasteiger partial charge is 0.220 e. The first-order chi connectivity index (χ1) is 51.3. The summed E-state index contributed by atoms with van der Waals surface area (Å²) >= 11 is 0. The third-order valence-corrected chi connectivity index (χ3v) is 20.7. The molecule has 0 radical (unpaired) electrons. The highest BCUT2D eigenvalue weighted by Gasteiger charge is 2.54. The Morgan fingerprint density at radius 3 is 1.03 bits per heavy atom. The van der Waals surface area contributed by atoms with Crippen molar-refractivity contribution in [1.29, 1.82) is 0 Å². The van der Waals surface area contributed by atoms with Gasteiger partial charge in [0, 0.05) is 6.42 Å². The van der Waals surface area contributed by atoms with Crippen molar-refractivity contribution in [2.24, 2.45) is 0 Å². The Hall–Kier alpha value is -3.03. The Bertz CT molecular complexity index is 2230. The Morgan fingerprint density at radius 1 is 0.352 bits per heavy atom. The molecule has 3 fully saturated rings. The molecule has 17 atom stereocenters. The van der Waals surface area contributed by atoms with Gasteiger partial charge in [0.15, 0.2) is 18.9 Å². The Balaban J connectivity index is 1.36. The predicted molar refractivity (Wildman–Crippen MR) is 420 cm³/mol. The van der Waals surface area contributed by atoms with Gasteiger partial charge in [-0.05, 0) is 70.6 Å². The van der Waals surface area contributed by atoms with Gasteiger partial charge in [-0.3, -0.25) is 4.79 Å². The van der Waals surface area contributed by atoms with Crippen LogP contribution in [0.2, 0.25) is 0 Å². The van der Waals surface area contributed by atoms with Gasteiger partial charge in [-0.1, -0.05) is 330 Å². The second kappa shape index (κ2) is 65.7. The van der Waals surface area contributed by atoms with E-state index >= 15 is 0 Å². The normalized spacial score (nSPS) is 26.2. The summed E-state index contributed by atoms with van der Waals surface area (Å²) in [5.41, 5.74) is 0. The Morgan fingerprint density at radius 2 is 0.657 bits per heavy atom. The second-order valence-electron chi connectivity index (χ2n) is 29.9. The van der Waals surface area contributed by atoms with Gasteiger partial charge in [0.05, 0.1) is 38.6 Å². The van der Waals surface area contributed by atoms with E-state index in [9.17, 15) is 61.0 Å². The van der Waals surface area contributed by atoms with Gasteiger partial charge >= 0.3 is 0 Å². The lowest BCUT2D eigenvalue weighted by Crippen LogP contribution is -2.66. The molecule has 3 rings (SSSR count). The van der Waals surface area contributed by atoms with Crippen LogP contribution in [0.4, 0.5) is 0 Å². The van der Waals surface area contributed by atoms with Gasteiger partial charge in [0.2, 0.25) is 5.91 Å². The highest BCUT2D eigenvalue weighted by molar-refractivity contribution is 5.76. The van der Waals surface area contributed by atoms with Crippen molar-refractivity contribution in [3.8, 4) is 0 Å². The molecule has 3 aliphatic heterocycles. The minimum atomic E-state index is -1.98. The van der Waals surface area contributed by atoms with Crippen molar-refractivity contribution < 1.29 is 89.4 Å². The van der Waals surface area contributed by atoms with Gasteiger partial charge in [0.1, 0.15) is 73.2 Å². The van der Waals surface area contributed by atoms with Crippen LogP contribution in [0.15, 0.2) is 85.1 Å². The molecule has 19 nitrogen and oxygen atoms in total. The number of rotatable bonds is 67. The molecule has 0 aromatic heterocycles. The van der Waals surface area contributed by atoms with Crippen LogP contribution in [-0.2, 0) is 33.2 Å². The number of carbonyl (C=O) groups is 1. The molecule has 610 valence electrons. The SMILES string of the molecule is CC/C=C\C/C=C\C/C=C\C/C=C\C/C=C\C/C=C\C/C=C\CCCCCCCC(=O)NC(COC1OC(CO)C(OC2OC(CO)C(OC3OC(CO)C(O)C(O)C3O)C(O)C2O)C(O)C1O)C(O)CCCCCCCCCCCCCCCCCCCCCCCCCCCCCCCCCCC. The van der Waals surface area contributed by atoms with Crippen LogP contribution < -0.4 is 5.32 Å². The highest BCUT2D eigenvalue weighted by Crippen LogP contribution is 2.33. The van der Waals surface area contributed by atoms with E-state index in [1.54, 1.807) is 0 Å². The maximum Gasteiger partial charge on any atom is 0.220 e. The number of aliphatic hydroxyl groups excluding tert-OH is 11. The molecule has 0 aliphatic carbocycles. The first-order valence-electron chi connectivity index (χ1n) is 42.3. The molecule has 3 aliphatic rings. The van der Waals surface area contributed by atoms with E-state index in [2.05, 4.69) is 104 Å². The fourth-order valence-electron chi connectivity index (χ4n) is 14.0. The van der Waals surface area contributed by atoms with Crippen LogP contribution >= 0.6 is 0 Å². The zero-order valence-corrected chi connectivity index (χ0v) is 65.4. The Labute approximate surface area is 635 Å². The van der Waals surface area contributed by atoms with Crippen molar-refractivity contribution in [3.05, 3.63) is 85.1 Å². The van der Waals surface area contributed by atoms with Crippen LogP contribution in [0, 0.1) is 0 Å². The first kappa shape index (κ1) is 96.2. The van der Waals surface area contributed by atoms with Crippen LogP contribution in [0.1, 0.15) is 322 Å². The minimum Gasteiger partial charge on any atom is -0.394 e. The number of amides is 1. The quantitative estimate of drug-likeness (QED) is 0.0199. The molecule has 12 N–H and O–H groups in total. The number of allylic oxidation sites excluding steroid dienone is 14. The van der Waals surface area contributed by atoms with Gasteiger partial charge in [0.25, 0.3) is 0 Å². The number of ether oxygens (including phenoxy) is 6. The van der Waals surface area contributed by atoms with Crippen LogP contribution in [0.5, 0.6) is 0 Å². The number of hydrogen-bond donors (Lipinski definition) is 12.